The van der Waals surface area contributed by atoms with E-state index in [1.54, 1.807) is 0 Å². The summed E-state index contributed by atoms with van der Waals surface area (Å²) in [5, 5.41) is 0. The van der Waals surface area contributed by atoms with Crippen LogP contribution in [0.3, 0.4) is 0 Å². The second-order valence-electron chi connectivity index (χ2n) is 3.15. The Hall–Kier alpha value is -0.300. The molecular weight excluding hydrogens is 134 g/mol. The Balaban J connectivity index is 3.62. The summed E-state index contributed by atoms with van der Waals surface area (Å²) >= 11 is 0. The molecule has 1 unspecified atom stereocenters. The molecule has 0 spiro atoms. The van der Waals surface area contributed by atoms with E-state index >= 15 is 0 Å². The molecule has 0 aliphatic rings. The van der Waals surface area contributed by atoms with E-state index in [0.717, 1.165) is 12.8 Å². The van der Waals surface area contributed by atoms with Crippen molar-refractivity contribution in [3.8, 4) is 0 Å². The fraction of sp³-hybridized carbons (Fsp3) is 0.800. The Labute approximate surface area is 70.7 Å². The lowest BCUT2D eigenvalue weighted by atomic mass is 9.98. The highest BCUT2D eigenvalue weighted by Crippen LogP contribution is 2.08. The van der Waals surface area contributed by atoms with E-state index in [1.807, 2.05) is 0 Å². The van der Waals surface area contributed by atoms with Crippen LogP contribution in [0.25, 0.3) is 0 Å². The van der Waals surface area contributed by atoms with Crippen LogP contribution in [0.1, 0.15) is 40.0 Å². The van der Waals surface area contributed by atoms with Gasteiger partial charge in [-0.15, -0.1) is 0 Å². The molecule has 0 aromatic rings. The molecule has 0 amide bonds. The average Bonchev–Trinajstić information content (AvgIpc) is 2.00. The van der Waals surface area contributed by atoms with Gasteiger partial charge in [0.2, 0.25) is 0 Å². The topological polar surface area (TPSA) is 26.0 Å². The summed E-state index contributed by atoms with van der Waals surface area (Å²) in [5.74, 6) is 0.537. The average molecular weight is 155 g/mol. The molecule has 2 atom stereocenters. The van der Waals surface area contributed by atoms with Crippen LogP contribution in [0.4, 0.5) is 0 Å². The summed E-state index contributed by atoms with van der Waals surface area (Å²) in [4.78, 5) is 0. The lowest BCUT2D eigenvalue weighted by Gasteiger charge is -2.14. The maximum atomic E-state index is 5.92. The summed E-state index contributed by atoms with van der Waals surface area (Å²) in [7, 11) is 0. The van der Waals surface area contributed by atoms with Gasteiger partial charge in [0.15, 0.2) is 0 Å². The number of hydrogen-bond acceptors (Lipinski definition) is 1. The maximum Gasteiger partial charge on any atom is 0.00991 e. The summed E-state index contributed by atoms with van der Waals surface area (Å²) < 4.78 is 0. The Bertz CT molecular complexity index is 107. The van der Waals surface area contributed by atoms with Crippen molar-refractivity contribution in [3.63, 3.8) is 0 Å². The molecule has 0 aliphatic heterocycles. The van der Waals surface area contributed by atoms with Gasteiger partial charge in [0.1, 0.15) is 0 Å². The molecule has 1 nitrogen and oxygen atoms in total. The van der Waals surface area contributed by atoms with Crippen molar-refractivity contribution in [2.45, 2.75) is 46.1 Å². The minimum Gasteiger partial charge on any atom is -0.327 e. The third-order valence-electron chi connectivity index (χ3n) is 1.97. The molecule has 0 bridgehead atoms. The molecule has 0 aromatic carbocycles. The number of allylic oxidation sites excluding steroid dienone is 1. The van der Waals surface area contributed by atoms with Gasteiger partial charge >= 0.3 is 0 Å². The quantitative estimate of drug-likeness (QED) is 0.607. The van der Waals surface area contributed by atoms with Crippen LogP contribution in [-0.2, 0) is 0 Å². The monoisotopic (exact) mass is 155 g/mol. The normalized spacial score (nSPS) is 17.1. The van der Waals surface area contributed by atoms with E-state index in [9.17, 15) is 0 Å². The highest BCUT2D eigenvalue weighted by Gasteiger charge is 2.06. The zero-order valence-electron chi connectivity index (χ0n) is 8.01. The predicted molar refractivity (Wildman–Crippen MR) is 51.5 cm³/mol. The van der Waals surface area contributed by atoms with Crippen LogP contribution in [-0.4, -0.2) is 6.04 Å². The summed E-state index contributed by atoms with van der Waals surface area (Å²) in [6, 6.07) is 0.350. The second-order valence-corrected chi connectivity index (χ2v) is 3.15. The van der Waals surface area contributed by atoms with Crippen LogP contribution in [0, 0.1) is 5.92 Å². The number of nitrogens with two attached hydrogens (primary N) is 1. The van der Waals surface area contributed by atoms with E-state index in [-0.39, 0.29) is 0 Å². The second kappa shape index (κ2) is 6.41. The first-order valence-electron chi connectivity index (χ1n) is 4.64. The highest BCUT2D eigenvalue weighted by molar-refractivity contribution is 4.90. The van der Waals surface area contributed by atoms with Crippen LogP contribution >= 0.6 is 0 Å². The summed E-state index contributed by atoms with van der Waals surface area (Å²) in [6.45, 7) is 6.51. The molecule has 0 saturated heterocycles. The molecule has 11 heavy (non-hydrogen) atoms. The van der Waals surface area contributed by atoms with Crippen molar-refractivity contribution in [1.29, 1.82) is 0 Å². The van der Waals surface area contributed by atoms with Gasteiger partial charge in [-0.05, 0) is 18.8 Å². The van der Waals surface area contributed by atoms with E-state index in [0.29, 0.717) is 12.0 Å². The van der Waals surface area contributed by atoms with Gasteiger partial charge in [0.05, 0.1) is 0 Å². The first kappa shape index (κ1) is 10.7. The molecule has 0 fully saturated rings. The van der Waals surface area contributed by atoms with Crippen molar-refractivity contribution in [3.05, 3.63) is 12.2 Å². The standard InChI is InChI=1S/C10H21N/c1-4-6-8-9(3)10(11)7-5-2/h6,8-10H,4-5,7,11H2,1-3H3/t9?,10-/m0/s1. The first-order valence-corrected chi connectivity index (χ1v) is 4.64. The number of rotatable bonds is 5. The van der Waals surface area contributed by atoms with Crippen molar-refractivity contribution in [2.24, 2.45) is 11.7 Å². The Morgan fingerprint density at radius 1 is 1.36 bits per heavy atom. The lowest BCUT2D eigenvalue weighted by molar-refractivity contribution is 0.497. The maximum absolute atomic E-state index is 5.92. The van der Waals surface area contributed by atoms with Crippen molar-refractivity contribution in [2.75, 3.05) is 0 Å². The third-order valence-corrected chi connectivity index (χ3v) is 1.97. The third kappa shape index (κ3) is 5.02. The van der Waals surface area contributed by atoms with Gasteiger partial charge in [0.25, 0.3) is 0 Å². The highest BCUT2D eigenvalue weighted by atomic mass is 14.6. The molecule has 0 radical (unpaired) electrons. The van der Waals surface area contributed by atoms with Crippen LogP contribution in [0.2, 0.25) is 0 Å². The van der Waals surface area contributed by atoms with Crippen LogP contribution in [0.15, 0.2) is 12.2 Å². The van der Waals surface area contributed by atoms with Crippen LogP contribution in [0.5, 0.6) is 0 Å². The fourth-order valence-electron chi connectivity index (χ4n) is 1.09. The van der Waals surface area contributed by atoms with Crippen LogP contribution < -0.4 is 5.73 Å². The number of hydrogen-bond donors (Lipinski definition) is 1. The van der Waals surface area contributed by atoms with E-state index in [2.05, 4.69) is 32.9 Å². The molecule has 66 valence electrons. The van der Waals surface area contributed by atoms with E-state index < -0.39 is 0 Å². The molecule has 0 saturated carbocycles. The van der Waals surface area contributed by atoms with Crippen molar-refractivity contribution >= 4 is 0 Å². The van der Waals surface area contributed by atoms with Gasteiger partial charge in [-0.2, -0.15) is 0 Å². The van der Waals surface area contributed by atoms with E-state index in [1.165, 1.54) is 6.42 Å². The van der Waals surface area contributed by atoms with Gasteiger partial charge in [-0.3, -0.25) is 0 Å². The SMILES string of the molecule is CCC=CC(C)[C@@H](N)CCC. The molecule has 0 heterocycles. The fourth-order valence-corrected chi connectivity index (χ4v) is 1.09. The first-order chi connectivity index (χ1) is 5.22. The summed E-state index contributed by atoms with van der Waals surface area (Å²) in [6.07, 6.45) is 7.85. The van der Waals surface area contributed by atoms with E-state index in [4.69, 9.17) is 5.73 Å². The van der Waals surface area contributed by atoms with Gasteiger partial charge in [-0.25, -0.2) is 0 Å². The molecule has 0 rings (SSSR count). The zero-order valence-corrected chi connectivity index (χ0v) is 8.01. The molecule has 1 heteroatoms. The van der Waals surface area contributed by atoms with Gasteiger partial charge < -0.3 is 5.73 Å². The Morgan fingerprint density at radius 3 is 2.45 bits per heavy atom. The summed E-state index contributed by atoms with van der Waals surface area (Å²) in [5.41, 5.74) is 5.92. The predicted octanol–water partition coefficient (Wildman–Crippen LogP) is 2.72. The minimum atomic E-state index is 0.350. The zero-order chi connectivity index (χ0) is 8.69. The van der Waals surface area contributed by atoms with Gasteiger partial charge in [-0.1, -0.05) is 39.3 Å². The van der Waals surface area contributed by atoms with Crippen molar-refractivity contribution in [1.82, 2.24) is 0 Å². The molecular formula is C10H21N. The lowest BCUT2D eigenvalue weighted by Crippen LogP contribution is -2.26. The Morgan fingerprint density at radius 2 is 2.00 bits per heavy atom. The minimum absolute atomic E-state index is 0.350. The Kier molecular flexibility index (Phi) is 6.24. The van der Waals surface area contributed by atoms with Gasteiger partial charge in [0, 0.05) is 6.04 Å². The molecule has 0 aliphatic carbocycles. The molecule has 0 aromatic heterocycles. The smallest absolute Gasteiger partial charge is 0.00991 e. The van der Waals surface area contributed by atoms with Crippen molar-refractivity contribution < 1.29 is 0 Å². The largest absolute Gasteiger partial charge is 0.327 e. The molecule has 2 N–H and O–H groups in total.